The van der Waals surface area contributed by atoms with Gasteiger partial charge in [-0.25, -0.2) is 0 Å². The first-order chi connectivity index (χ1) is 16.1. The predicted molar refractivity (Wildman–Crippen MR) is 138 cm³/mol. The topological polar surface area (TPSA) is 26.3 Å². The molecule has 2 nitrogen and oxygen atoms in total. The third-order valence-electron chi connectivity index (χ3n) is 9.77. The van der Waals surface area contributed by atoms with Crippen molar-refractivity contribution in [3.63, 3.8) is 0 Å². The van der Waals surface area contributed by atoms with Gasteiger partial charge in [0.1, 0.15) is 5.75 Å². The minimum absolute atomic E-state index is 0.0460. The Morgan fingerprint density at radius 3 is 2.03 bits per heavy atom. The summed E-state index contributed by atoms with van der Waals surface area (Å²) in [6.45, 7) is 4.58. The molecular formula is C31H48O2. The zero-order valence-corrected chi connectivity index (χ0v) is 21.5. The summed E-state index contributed by atoms with van der Waals surface area (Å²) in [7, 11) is 0. The molecule has 4 fully saturated rings. The van der Waals surface area contributed by atoms with Crippen molar-refractivity contribution >= 4 is 5.97 Å². The van der Waals surface area contributed by atoms with Crippen LogP contribution in [0.3, 0.4) is 0 Å². The predicted octanol–water partition coefficient (Wildman–Crippen LogP) is 9.37. The molecule has 4 aliphatic rings. The largest absolute Gasteiger partial charge is 0.426 e. The summed E-state index contributed by atoms with van der Waals surface area (Å²) in [5.74, 6) is 2.43. The van der Waals surface area contributed by atoms with Crippen LogP contribution in [-0.4, -0.2) is 5.97 Å². The van der Waals surface area contributed by atoms with Gasteiger partial charge in [-0.2, -0.15) is 0 Å². The van der Waals surface area contributed by atoms with Crippen LogP contribution in [0.15, 0.2) is 24.3 Å². The van der Waals surface area contributed by atoms with E-state index in [0.717, 1.165) is 30.9 Å². The lowest BCUT2D eigenvalue weighted by Crippen LogP contribution is -2.47. The number of hydrogen-bond donors (Lipinski definition) is 0. The molecule has 0 atom stereocenters. The second-order valence-corrected chi connectivity index (χ2v) is 11.9. The van der Waals surface area contributed by atoms with Crippen molar-refractivity contribution in [1.82, 2.24) is 0 Å². The standard InChI is InChI=1S/C31H48O2/c1-3-5-7-9-25-10-12-26(13-11-25)27-14-16-28(17-15-27)33-29(32)31-22-19-30(20-23-31,21-24-31)18-8-6-4-2/h14-17,25-26H,3-13,18-24H2,1-2H3. The van der Waals surface area contributed by atoms with Crippen molar-refractivity contribution in [2.75, 3.05) is 0 Å². The first kappa shape index (κ1) is 24.8. The molecule has 0 unspecified atom stereocenters. The number of carbonyl (C=O) groups is 1. The van der Waals surface area contributed by atoms with E-state index >= 15 is 0 Å². The van der Waals surface area contributed by atoms with Gasteiger partial charge in [-0.15, -0.1) is 0 Å². The zero-order chi connectivity index (χ0) is 23.2. The Kier molecular flexibility index (Phi) is 8.58. The molecule has 184 valence electrons. The molecule has 2 heteroatoms. The molecule has 5 rings (SSSR count). The van der Waals surface area contributed by atoms with E-state index in [2.05, 4.69) is 38.1 Å². The molecular weight excluding hydrogens is 404 g/mol. The lowest BCUT2D eigenvalue weighted by molar-refractivity contribution is -0.156. The van der Waals surface area contributed by atoms with Gasteiger partial charge in [-0.05, 0) is 106 Å². The Morgan fingerprint density at radius 1 is 0.818 bits per heavy atom. The molecule has 4 saturated carbocycles. The SMILES string of the molecule is CCCCCC1CCC(c2ccc(OC(=O)C34CCC(CCCCC)(CC3)CC4)cc2)CC1. The van der Waals surface area contributed by atoms with Gasteiger partial charge >= 0.3 is 5.97 Å². The number of rotatable bonds is 11. The molecule has 0 radical (unpaired) electrons. The molecule has 0 aliphatic heterocycles. The highest BCUT2D eigenvalue weighted by Gasteiger charge is 2.52. The summed E-state index contributed by atoms with van der Waals surface area (Å²) in [6.07, 6.45) is 23.1. The highest BCUT2D eigenvalue weighted by molar-refractivity contribution is 5.79. The van der Waals surface area contributed by atoms with Gasteiger partial charge in [0.15, 0.2) is 0 Å². The third kappa shape index (κ3) is 6.04. The number of benzene rings is 1. The van der Waals surface area contributed by atoms with Crippen molar-refractivity contribution in [2.45, 2.75) is 135 Å². The van der Waals surface area contributed by atoms with E-state index in [0.29, 0.717) is 11.3 Å². The average Bonchev–Trinajstić information content (AvgIpc) is 2.86. The monoisotopic (exact) mass is 452 g/mol. The molecule has 0 spiro atoms. The number of unbranched alkanes of at least 4 members (excludes halogenated alkanes) is 4. The minimum atomic E-state index is -0.207. The second-order valence-electron chi connectivity index (χ2n) is 11.9. The first-order valence-corrected chi connectivity index (χ1v) is 14.4. The van der Waals surface area contributed by atoms with Crippen molar-refractivity contribution in [3.8, 4) is 5.75 Å². The van der Waals surface area contributed by atoms with E-state index < -0.39 is 0 Å². The Hall–Kier alpha value is -1.31. The van der Waals surface area contributed by atoms with Crippen LogP contribution in [0, 0.1) is 16.7 Å². The molecule has 33 heavy (non-hydrogen) atoms. The number of esters is 1. The minimum Gasteiger partial charge on any atom is -0.426 e. The van der Waals surface area contributed by atoms with E-state index in [1.54, 1.807) is 0 Å². The molecule has 0 saturated heterocycles. The van der Waals surface area contributed by atoms with Gasteiger partial charge in [0.25, 0.3) is 0 Å². The molecule has 4 aliphatic carbocycles. The van der Waals surface area contributed by atoms with Gasteiger partial charge in [0.05, 0.1) is 5.41 Å². The smallest absolute Gasteiger partial charge is 0.317 e. The number of ether oxygens (including phenoxy) is 1. The van der Waals surface area contributed by atoms with Crippen LogP contribution in [0.1, 0.15) is 141 Å². The third-order valence-corrected chi connectivity index (χ3v) is 9.77. The van der Waals surface area contributed by atoms with Gasteiger partial charge in [0.2, 0.25) is 0 Å². The maximum atomic E-state index is 13.2. The van der Waals surface area contributed by atoms with Crippen LogP contribution in [-0.2, 0) is 4.79 Å². The Morgan fingerprint density at radius 2 is 1.42 bits per heavy atom. The summed E-state index contributed by atoms with van der Waals surface area (Å²) in [6, 6.07) is 8.56. The summed E-state index contributed by atoms with van der Waals surface area (Å²) in [4.78, 5) is 13.2. The van der Waals surface area contributed by atoms with Gasteiger partial charge in [0, 0.05) is 0 Å². The number of fused-ring (bicyclic) bond motifs is 3. The quantitative estimate of drug-likeness (QED) is 0.190. The first-order valence-electron chi connectivity index (χ1n) is 14.4. The summed E-state index contributed by atoms with van der Waals surface area (Å²) in [5.41, 5.74) is 1.77. The molecule has 2 bridgehead atoms. The highest BCUT2D eigenvalue weighted by atomic mass is 16.5. The molecule has 0 N–H and O–H groups in total. The highest BCUT2D eigenvalue weighted by Crippen LogP contribution is 2.59. The average molecular weight is 453 g/mol. The fraction of sp³-hybridized carbons (Fsp3) is 0.774. The van der Waals surface area contributed by atoms with Crippen LogP contribution in [0.4, 0.5) is 0 Å². The van der Waals surface area contributed by atoms with Crippen molar-refractivity contribution in [2.24, 2.45) is 16.7 Å². The van der Waals surface area contributed by atoms with Crippen molar-refractivity contribution < 1.29 is 9.53 Å². The maximum absolute atomic E-state index is 13.2. The zero-order valence-electron chi connectivity index (χ0n) is 21.5. The Balaban J connectivity index is 1.25. The molecule has 1 aromatic carbocycles. The normalized spacial score (nSPS) is 31.5. The maximum Gasteiger partial charge on any atom is 0.317 e. The van der Waals surface area contributed by atoms with E-state index in [1.807, 2.05) is 0 Å². The molecule has 0 aromatic heterocycles. The van der Waals surface area contributed by atoms with Crippen LogP contribution < -0.4 is 4.74 Å². The molecule has 0 amide bonds. The van der Waals surface area contributed by atoms with Gasteiger partial charge in [-0.1, -0.05) is 70.9 Å². The summed E-state index contributed by atoms with van der Waals surface area (Å²) >= 11 is 0. The van der Waals surface area contributed by atoms with E-state index in [-0.39, 0.29) is 11.4 Å². The fourth-order valence-electron chi connectivity index (χ4n) is 7.19. The number of hydrogen-bond acceptors (Lipinski definition) is 2. The van der Waals surface area contributed by atoms with Crippen molar-refractivity contribution in [1.29, 1.82) is 0 Å². The summed E-state index contributed by atoms with van der Waals surface area (Å²) in [5, 5.41) is 0. The van der Waals surface area contributed by atoms with Gasteiger partial charge < -0.3 is 4.74 Å². The lowest BCUT2D eigenvalue weighted by Gasteiger charge is -2.52. The molecule has 0 heterocycles. The fourth-order valence-corrected chi connectivity index (χ4v) is 7.19. The number of carbonyl (C=O) groups excluding carboxylic acids is 1. The van der Waals surface area contributed by atoms with E-state index in [1.165, 1.54) is 102 Å². The van der Waals surface area contributed by atoms with Gasteiger partial charge in [-0.3, -0.25) is 4.79 Å². The van der Waals surface area contributed by atoms with E-state index in [9.17, 15) is 4.79 Å². The van der Waals surface area contributed by atoms with Crippen LogP contribution >= 0.6 is 0 Å². The Labute approximate surface area is 203 Å². The van der Waals surface area contributed by atoms with E-state index in [4.69, 9.17) is 4.74 Å². The lowest BCUT2D eigenvalue weighted by atomic mass is 9.52. The summed E-state index contributed by atoms with van der Waals surface area (Å²) < 4.78 is 5.98. The molecule has 1 aromatic rings. The van der Waals surface area contributed by atoms with Crippen LogP contribution in [0.5, 0.6) is 5.75 Å². The Bertz CT molecular complexity index is 716. The van der Waals surface area contributed by atoms with Crippen molar-refractivity contribution in [3.05, 3.63) is 29.8 Å². The van der Waals surface area contributed by atoms with Crippen LogP contribution in [0.2, 0.25) is 0 Å². The second kappa shape index (κ2) is 11.4. The van der Waals surface area contributed by atoms with Crippen LogP contribution in [0.25, 0.3) is 0 Å².